The molecule has 0 radical (unpaired) electrons. The second-order valence-electron chi connectivity index (χ2n) is 4.52. The molecule has 0 spiro atoms. The number of amides is 2. The fraction of sp³-hybridized carbons (Fsp3) is 0.727. The van der Waals surface area contributed by atoms with Crippen molar-refractivity contribution in [1.29, 1.82) is 0 Å². The Morgan fingerprint density at radius 3 is 2.61 bits per heavy atom. The summed E-state index contributed by atoms with van der Waals surface area (Å²) >= 11 is 0. The number of carbonyl (C=O) groups excluding carboxylic acids is 2. The van der Waals surface area contributed by atoms with E-state index in [0.29, 0.717) is 5.92 Å². The maximum absolute atomic E-state index is 11.7. The molecule has 1 aliphatic rings. The van der Waals surface area contributed by atoms with Crippen molar-refractivity contribution in [2.24, 2.45) is 5.92 Å². The molecule has 1 saturated heterocycles. The van der Waals surface area contributed by atoms with Crippen LogP contribution < -0.4 is 16.0 Å². The maximum atomic E-state index is 11.7. The van der Waals surface area contributed by atoms with E-state index in [4.69, 9.17) is 5.11 Å². The van der Waals surface area contributed by atoms with Crippen LogP contribution in [0.3, 0.4) is 0 Å². The highest BCUT2D eigenvalue weighted by molar-refractivity contribution is 5.88. The van der Waals surface area contributed by atoms with Crippen LogP contribution in [0.1, 0.15) is 19.8 Å². The lowest BCUT2D eigenvalue weighted by atomic mass is 9.94. The number of carboxylic acid groups (broad SMARTS) is 1. The molecule has 0 aromatic carbocycles. The molecule has 2 amide bonds. The van der Waals surface area contributed by atoms with E-state index in [9.17, 15) is 14.4 Å². The van der Waals surface area contributed by atoms with E-state index in [2.05, 4.69) is 22.9 Å². The Kier molecular flexibility index (Phi) is 5.57. The van der Waals surface area contributed by atoms with Crippen LogP contribution >= 0.6 is 0 Å². The van der Waals surface area contributed by atoms with Crippen molar-refractivity contribution in [2.75, 3.05) is 19.6 Å². The van der Waals surface area contributed by atoms with Crippen molar-refractivity contribution < 1.29 is 19.5 Å². The minimum absolute atomic E-state index is 0.196. The van der Waals surface area contributed by atoms with Gasteiger partial charge in [-0.2, -0.15) is 0 Å². The number of hydrogen-bond acceptors (Lipinski definition) is 4. The molecule has 0 saturated carbocycles. The second kappa shape index (κ2) is 6.95. The highest BCUT2D eigenvalue weighted by Crippen LogP contribution is 2.14. The van der Waals surface area contributed by atoms with Gasteiger partial charge < -0.3 is 21.1 Å². The number of carbonyl (C=O) groups is 3. The van der Waals surface area contributed by atoms with Gasteiger partial charge in [0.25, 0.3) is 0 Å². The Labute approximate surface area is 105 Å². The van der Waals surface area contributed by atoms with Crippen LogP contribution in [-0.2, 0) is 14.4 Å². The summed E-state index contributed by atoms with van der Waals surface area (Å²) in [6.07, 6.45) is 1.80. The monoisotopic (exact) mass is 257 g/mol. The molecule has 0 aliphatic carbocycles. The lowest BCUT2D eigenvalue weighted by Gasteiger charge is -2.27. The zero-order chi connectivity index (χ0) is 13.5. The van der Waals surface area contributed by atoms with Gasteiger partial charge in [0.05, 0.1) is 12.6 Å². The Balaban J connectivity index is 2.23. The SMILES string of the molecule is CC1CCNC(C(=O)NCC(=O)NCC(=O)O)C1. The highest BCUT2D eigenvalue weighted by Gasteiger charge is 2.24. The zero-order valence-corrected chi connectivity index (χ0v) is 10.4. The maximum Gasteiger partial charge on any atom is 0.322 e. The minimum Gasteiger partial charge on any atom is -0.480 e. The number of aliphatic carboxylic acids is 1. The van der Waals surface area contributed by atoms with E-state index in [1.807, 2.05) is 0 Å². The topological polar surface area (TPSA) is 108 Å². The summed E-state index contributed by atoms with van der Waals surface area (Å²) in [5.41, 5.74) is 0. The van der Waals surface area contributed by atoms with Crippen LogP contribution in [0.4, 0.5) is 0 Å². The number of hydrogen-bond donors (Lipinski definition) is 4. The van der Waals surface area contributed by atoms with Gasteiger partial charge in [0.15, 0.2) is 0 Å². The predicted molar refractivity (Wildman–Crippen MR) is 63.8 cm³/mol. The molecular weight excluding hydrogens is 238 g/mol. The molecule has 2 unspecified atom stereocenters. The molecule has 1 rings (SSSR count). The minimum atomic E-state index is -1.11. The first-order chi connectivity index (χ1) is 8.49. The molecule has 7 nitrogen and oxygen atoms in total. The number of nitrogens with one attached hydrogen (secondary N) is 3. The smallest absolute Gasteiger partial charge is 0.322 e. The molecule has 0 bridgehead atoms. The second-order valence-corrected chi connectivity index (χ2v) is 4.52. The average Bonchev–Trinajstić information content (AvgIpc) is 2.33. The lowest BCUT2D eigenvalue weighted by molar-refractivity contribution is -0.137. The largest absolute Gasteiger partial charge is 0.480 e. The number of rotatable bonds is 5. The summed E-state index contributed by atoms with van der Waals surface area (Å²) in [6, 6.07) is -0.263. The van der Waals surface area contributed by atoms with E-state index < -0.39 is 18.4 Å². The van der Waals surface area contributed by atoms with Gasteiger partial charge in [0, 0.05) is 0 Å². The summed E-state index contributed by atoms with van der Waals surface area (Å²) in [5.74, 6) is -1.35. The van der Waals surface area contributed by atoms with E-state index in [1.165, 1.54) is 0 Å². The van der Waals surface area contributed by atoms with Gasteiger partial charge >= 0.3 is 5.97 Å². The van der Waals surface area contributed by atoms with Crippen LogP contribution in [-0.4, -0.2) is 48.6 Å². The predicted octanol–water partition coefficient (Wildman–Crippen LogP) is -1.31. The summed E-state index contributed by atoms with van der Waals surface area (Å²) in [7, 11) is 0. The van der Waals surface area contributed by atoms with E-state index >= 15 is 0 Å². The Bertz CT molecular complexity index is 332. The third-order valence-electron chi connectivity index (χ3n) is 2.84. The molecule has 1 aliphatic heterocycles. The highest BCUT2D eigenvalue weighted by atomic mass is 16.4. The number of carboxylic acids is 1. The van der Waals surface area contributed by atoms with E-state index in [-0.39, 0.29) is 18.5 Å². The van der Waals surface area contributed by atoms with Gasteiger partial charge in [-0.15, -0.1) is 0 Å². The fourth-order valence-corrected chi connectivity index (χ4v) is 1.83. The molecule has 2 atom stereocenters. The lowest BCUT2D eigenvalue weighted by Crippen LogP contribution is -2.50. The average molecular weight is 257 g/mol. The summed E-state index contributed by atoms with van der Waals surface area (Å²) in [4.78, 5) is 33.1. The Morgan fingerprint density at radius 2 is 2.00 bits per heavy atom. The molecule has 4 N–H and O–H groups in total. The first-order valence-corrected chi connectivity index (χ1v) is 5.98. The van der Waals surface area contributed by atoms with Crippen LogP contribution in [0.25, 0.3) is 0 Å². The zero-order valence-electron chi connectivity index (χ0n) is 10.4. The summed E-state index contributed by atoms with van der Waals surface area (Å²) in [5, 5.41) is 16.1. The summed E-state index contributed by atoms with van der Waals surface area (Å²) < 4.78 is 0. The van der Waals surface area contributed by atoms with E-state index in [1.54, 1.807) is 0 Å². The van der Waals surface area contributed by atoms with Crippen LogP contribution in [0, 0.1) is 5.92 Å². The van der Waals surface area contributed by atoms with Gasteiger partial charge in [-0.25, -0.2) is 0 Å². The van der Waals surface area contributed by atoms with Gasteiger partial charge in [-0.1, -0.05) is 6.92 Å². The third-order valence-corrected chi connectivity index (χ3v) is 2.84. The van der Waals surface area contributed by atoms with Crippen molar-refractivity contribution in [3.05, 3.63) is 0 Å². The van der Waals surface area contributed by atoms with Gasteiger partial charge in [-0.3, -0.25) is 14.4 Å². The van der Waals surface area contributed by atoms with Crippen molar-refractivity contribution in [2.45, 2.75) is 25.8 Å². The fourth-order valence-electron chi connectivity index (χ4n) is 1.83. The Morgan fingerprint density at radius 1 is 1.28 bits per heavy atom. The molecule has 0 aromatic rings. The Hall–Kier alpha value is -1.63. The molecule has 1 fully saturated rings. The van der Waals surface area contributed by atoms with Crippen LogP contribution in [0.15, 0.2) is 0 Å². The quantitative estimate of drug-likeness (QED) is 0.489. The molecule has 0 aromatic heterocycles. The van der Waals surface area contributed by atoms with Gasteiger partial charge in [0.1, 0.15) is 6.54 Å². The van der Waals surface area contributed by atoms with Crippen molar-refractivity contribution in [3.63, 3.8) is 0 Å². The van der Waals surface area contributed by atoms with Crippen molar-refractivity contribution in [3.8, 4) is 0 Å². The first-order valence-electron chi connectivity index (χ1n) is 5.98. The molecule has 7 heteroatoms. The first kappa shape index (κ1) is 14.4. The van der Waals surface area contributed by atoms with Gasteiger partial charge in [0.2, 0.25) is 11.8 Å². The number of piperidine rings is 1. The molecule has 1 heterocycles. The molecular formula is C11H19N3O4. The van der Waals surface area contributed by atoms with E-state index in [0.717, 1.165) is 19.4 Å². The van der Waals surface area contributed by atoms with Crippen molar-refractivity contribution in [1.82, 2.24) is 16.0 Å². The standard InChI is InChI=1S/C11H19N3O4/c1-7-2-3-12-8(4-7)11(18)14-5-9(15)13-6-10(16)17/h7-8,12H,2-6H2,1H3,(H,13,15)(H,14,18)(H,16,17). The normalized spacial score (nSPS) is 23.2. The third kappa shape index (κ3) is 5.13. The van der Waals surface area contributed by atoms with Gasteiger partial charge in [-0.05, 0) is 25.3 Å². The molecule has 18 heavy (non-hydrogen) atoms. The van der Waals surface area contributed by atoms with Crippen LogP contribution in [0.2, 0.25) is 0 Å². The van der Waals surface area contributed by atoms with Crippen molar-refractivity contribution >= 4 is 17.8 Å². The van der Waals surface area contributed by atoms with Crippen LogP contribution in [0.5, 0.6) is 0 Å². The summed E-state index contributed by atoms with van der Waals surface area (Å²) in [6.45, 7) is 2.25. The molecule has 102 valence electrons.